The van der Waals surface area contributed by atoms with Gasteiger partial charge in [-0.05, 0) is 69.4 Å². The molecule has 8 aromatic carbocycles. The molecule has 2 heteroatoms. The third-order valence-corrected chi connectivity index (χ3v) is 10.4. The normalized spacial score (nSPS) is 11.3. The molecule has 1 aromatic heterocycles. The summed E-state index contributed by atoms with van der Waals surface area (Å²) in [7, 11) is 0. The lowest BCUT2D eigenvalue weighted by molar-refractivity contribution is 1.30. The van der Waals surface area contributed by atoms with E-state index in [2.05, 4.69) is 193 Å². The van der Waals surface area contributed by atoms with E-state index < -0.39 is 0 Å². The van der Waals surface area contributed by atoms with Crippen LogP contribution in [0.3, 0.4) is 0 Å². The van der Waals surface area contributed by atoms with E-state index >= 15 is 0 Å². The maximum atomic E-state index is 2.49. The molecule has 0 N–H and O–H groups in total. The van der Waals surface area contributed by atoms with Gasteiger partial charge in [-0.1, -0.05) is 152 Å². The van der Waals surface area contributed by atoms with Gasteiger partial charge >= 0.3 is 0 Å². The van der Waals surface area contributed by atoms with Crippen LogP contribution in [-0.2, 0) is 0 Å². The summed E-state index contributed by atoms with van der Waals surface area (Å²) in [5, 5.41) is 5.08. The molecule has 0 aliphatic heterocycles. The minimum absolute atomic E-state index is 1.14. The van der Waals surface area contributed by atoms with Gasteiger partial charge in [0.1, 0.15) is 0 Å². The fourth-order valence-electron chi connectivity index (χ4n) is 7.11. The van der Waals surface area contributed by atoms with Crippen molar-refractivity contribution in [3.8, 4) is 33.4 Å². The van der Waals surface area contributed by atoms with E-state index in [0.29, 0.717) is 0 Å². The Kier molecular flexibility index (Phi) is 7.07. The number of rotatable bonds is 6. The lowest BCUT2D eigenvalue weighted by atomic mass is 9.94. The number of hydrogen-bond donors (Lipinski definition) is 0. The summed E-state index contributed by atoms with van der Waals surface area (Å²) in [5.74, 6) is 0. The average molecular weight is 630 g/mol. The number of fused-ring (bicyclic) bond motifs is 4. The zero-order valence-electron chi connectivity index (χ0n) is 26.3. The second-order valence-corrected chi connectivity index (χ2v) is 13.2. The van der Waals surface area contributed by atoms with Gasteiger partial charge in [0.15, 0.2) is 0 Å². The van der Waals surface area contributed by atoms with Gasteiger partial charge < -0.3 is 4.90 Å². The van der Waals surface area contributed by atoms with Crippen LogP contribution in [0.2, 0.25) is 0 Å². The van der Waals surface area contributed by atoms with Crippen LogP contribution in [-0.4, -0.2) is 0 Å². The summed E-state index contributed by atoms with van der Waals surface area (Å²) in [6, 6.07) is 68.2. The van der Waals surface area contributed by atoms with Gasteiger partial charge in [0, 0.05) is 31.3 Å². The smallest absolute Gasteiger partial charge is 0.0555 e. The van der Waals surface area contributed by atoms with Crippen molar-refractivity contribution >= 4 is 59.3 Å². The molecular formula is C46H31NS. The number of para-hydroxylation sites is 2. The Bertz CT molecular complexity index is 2570. The van der Waals surface area contributed by atoms with E-state index in [-0.39, 0.29) is 0 Å². The molecule has 0 radical (unpaired) electrons. The zero-order valence-corrected chi connectivity index (χ0v) is 27.1. The van der Waals surface area contributed by atoms with E-state index in [9.17, 15) is 0 Å². The molecular weight excluding hydrogens is 599 g/mol. The van der Waals surface area contributed by atoms with Crippen molar-refractivity contribution in [2.75, 3.05) is 4.90 Å². The highest BCUT2D eigenvalue weighted by Crippen LogP contribution is 2.49. The van der Waals surface area contributed by atoms with E-state index in [1.165, 1.54) is 70.0 Å². The van der Waals surface area contributed by atoms with Gasteiger partial charge in [0.05, 0.1) is 17.1 Å². The molecule has 0 saturated heterocycles. The summed E-state index contributed by atoms with van der Waals surface area (Å²) in [6.45, 7) is 0. The van der Waals surface area contributed by atoms with Gasteiger partial charge in [0.25, 0.3) is 0 Å². The van der Waals surface area contributed by atoms with Crippen molar-refractivity contribution < 1.29 is 0 Å². The molecule has 1 nitrogen and oxygen atoms in total. The van der Waals surface area contributed by atoms with E-state index in [1.54, 1.807) is 0 Å². The molecule has 0 saturated carbocycles. The topological polar surface area (TPSA) is 3.24 Å². The van der Waals surface area contributed by atoms with Crippen LogP contribution >= 0.6 is 11.3 Å². The second kappa shape index (κ2) is 12.0. The second-order valence-electron chi connectivity index (χ2n) is 12.1. The number of hydrogen-bond acceptors (Lipinski definition) is 2. The monoisotopic (exact) mass is 629 g/mol. The van der Waals surface area contributed by atoms with Crippen molar-refractivity contribution in [3.05, 3.63) is 188 Å². The van der Waals surface area contributed by atoms with Crippen LogP contribution in [0, 0.1) is 0 Å². The maximum Gasteiger partial charge on any atom is 0.0555 e. The highest BCUT2D eigenvalue weighted by molar-refractivity contribution is 7.26. The standard InChI is InChI=1S/C46H31NS/c1-2-15-33(16-3-1)38-22-6-9-26-41(38)47(43-28-14-30-45-46(43)40-24-8-11-29-44(40)48-45)42-27-10-7-23-39(42)35-20-12-19-34(31-35)37-25-13-18-32-17-4-5-21-36(32)37/h1-31H. The Morgan fingerprint density at radius 2 is 0.833 bits per heavy atom. The quantitative estimate of drug-likeness (QED) is 0.177. The Labute approximate surface area is 284 Å². The first-order valence-electron chi connectivity index (χ1n) is 16.4. The van der Waals surface area contributed by atoms with Crippen molar-refractivity contribution in [3.63, 3.8) is 0 Å². The first-order chi connectivity index (χ1) is 23.8. The molecule has 1 heterocycles. The SMILES string of the molecule is c1ccc(-c2ccccc2N(c2ccccc2-c2cccc(-c3cccc4ccccc34)c2)c2cccc3sc4ccccc4c23)cc1. The molecule has 0 fully saturated rings. The van der Waals surface area contributed by atoms with Crippen LogP contribution < -0.4 is 4.90 Å². The molecule has 0 bridgehead atoms. The minimum atomic E-state index is 1.14. The fraction of sp³-hybridized carbons (Fsp3) is 0. The van der Waals surface area contributed by atoms with Gasteiger partial charge in [-0.2, -0.15) is 0 Å². The van der Waals surface area contributed by atoms with E-state index in [0.717, 1.165) is 11.4 Å². The lowest BCUT2D eigenvalue weighted by Gasteiger charge is -2.30. The molecule has 0 atom stereocenters. The molecule has 48 heavy (non-hydrogen) atoms. The summed E-state index contributed by atoms with van der Waals surface area (Å²) < 4.78 is 2.58. The number of benzene rings is 8. The number of anilines is 3. The highest BCUT2D eigenvalue weighted by atomic mass is 32.1. The predicted octanol–water partition coefficient (Wildman–Crippen LogP) is 13.7. The van der Waals surface area contributed by atoms with Crippen LogP contribution in [0.1, 0.15) is 0 Å². The summed E-state index contributed by atoms with van der Waals surface area (Å²) >= 11 is 1.86. The van der Waals surface area contributed by atoms with E-state index in [4.69, 9.17) is 0 Å². The zero-order chi connectivity index (χ0) is 31.9. The lowest BCUT2D eigenvalue weighted by Crippen LogP contribution is -2.12. The first-order valence-corrected chi connectivity index (χ1v) is 17.2. The Morgan fingerprint density at radius 3 is 1.65 bits per heavy atom. The van der Waals surface area contributed by atoms with Crippen molar-refractivity contribution in [2.24, 2.45) is 0 Å². The van der Waals surface area contributed by atoms with Crippen LogP contribution in [0.5, 0.6) is 0 Å². The van der Waals surface area contributed by atoms with Gasteiger partial charge in [-0.25, -0.2) is 0 Å². The molecule has 0 spiro atoms. The van der Waals surface area contributed by atoms with Gasteiger partial charge in [-0.3, -0.25) is 0 Å². The largest absolute Gasteiger partial charge is 0.309 e. The van der Waals surface area contributed by atoms with Crippen molar-refractivity contribution in [1.29, 1.82) is 0 Å². The van der Waals surface area contributed by atoms with Crippen LogP contribution in [0.4, 0.5) is 17.1 Å². The molecule has 226 valence electrons. The maximum absolute atomic E-state index is 2.49. The number of thiophene rings is 1. The minimum Gasteiger partial charge on any atom is -0.309 e. The molecule has 0 aliphatic rings. The first kappa shape index (κ1) is 28.3. The fourth-order valence-corrected chi connectivity index (χ4v) is 8.23. The van der Waals surface area contributed by atoms with Gasteiger partial charge in [0.2, 0.25) is 0 Å². The van der Waals surface area contributed by atoms with Crippen LogP contribution in [0.25, 0.3) is 64.3 Å². The average Bonchev–Trinajstić information content (AvgIpc) is 3.55. The Balaban J connectivity index is 1.31. The summed E-state index contributed by atoms with van der Waals surface area (Å²) in [5.41, 5.74) is 10.6. The van der Waals surface area contributed by atoms with Crippen LogP contribution in [0.15, 0.2) is 188 Å². The van der Waals surface area contributed by atoms with E-state index in [1.807, 2.05) is 11.3 Å². The third kappa shape index (κ3) is 4.86. The van der Waals surface area contributed by atoms with Crippen molar-refractivity contribution in [2.45, 2.75) is 0 Å². The molecule has 0 amide bonds. The predicted molar refractivity (Wildman–Crippen MR) is 208 cm³/mol. The highest BCUT2D eigenvalue weighted by Gasteiger charge is 2.23. The Morgan fingerprint density at radius 1 is 0.333 bits per heavy atom. The third-order valence-electron chi connectivity index (χ3n) is 9.27. The van der Waals surface area contributed by atoms with Gasteiger partial charge in [-0.15, -0.1) is 11.3 Å². The molecule has 0 aliphatic carbocycles. The molecule has 9 rings (SSSR count). The molecule has 0 unspecified atom stereocenters. The number of nitrogens with zero attached hydrogens (tertiary/aromatic N) is 1. The Hall–Kier alpha value is -5.96. The molecule has 9 aromatic rings. The summed E-state index contributed by atoms with van der Waals surface area (Å²) in [6.07, 6.45) is 0. The van der Waals surface area contributed by atoms with Crippen molar-refractivity contribution in [1.82, 2.24) is 0 Å². The summed E-state index contributed by atoms with van der Waals surface area (Å²) in [4.78, 5) is 2.49.